The third kappa shape index (κ3) is 6.84. The Labute approximate surface area is 172 Å². The molecule has 0 saturated carbocycles. The zero-order chi connectivity index (χ0) is 20.7. The molecule has 0 aliphatic heterocycles. The molecule has 6 nitrogen and oxygen atoms in total. The molecular weight excluding hydrogens is 430 g/mol. The molecule has 0 saturated heterocycles. The number of thiazole rings is 1. The number of nitrogens with one attached hydrogen (secondary N) is 3. The van der Waals surface area contributed by atoms with Crippen LogP contribution in [0.2, 0.25) is 5.02 Å². The number of anilines is 2. The lowest BCUT2D eigenvalue weighted by atomic mass is 10.2. The maximum atomic E-state index is 14.4. The lowest BCUT2D eigenvalue weighted by molar-refractivity contribution is 0.538. The van der Waals surface area contributed by atoms with Gasteiger partial charge in [-0.1, -0.05) is 36.8 Å². The highest BCUT2D eigenvalue weighted by molar-refractivity contribution is 7.93. The van der Waals surface area contributed by atoms with E-state index >= 15 is 0 Å². The van der Waals surface area contributed by atoms with Gasteiger partial charge in [-0.3, -0.25) is 4.72 Å². The topological polar surface area (TPSA) is 83.1 Å². The monoisotopic (exact) mass is 452 g/mol. The van der Waals surface area contributed by atoms with Gasteiger partial charge in [0.05, 0.1) is 16.9 Å². The van der Waals surface area contributed by atoms with Crippen molar-refractivity contribution in [3.8, 4) is 0 Å². The first kappa shape index (κ1) is 22.8. The molecule has 0 spiro atoms. The van der Waals surface area contributed by atoms with E-state index in [4.69, 9.17) is 11.6 Å². The second-order valence-electron chi connectivity index (χ2n) is 6.57. The molecule has 156 valence electrons. The average molecular weight is 453 g/mol. The fourth-order valence-corrected chi connectivity index (χ4v) is 4.50. The first-order valence-electron chi connectivity index (χ1n) is 8.77. The van der Waals surface area contributed by atoms with E-state index in [9.17, 15) is 17.2 Å². The minimum absolute atomic E-state index is 0.0741. The fraction of sp³-hybridized carbons (Fsp3) is 0.471. The second kappa shape index (κ2) is 10.3. The normalized spacial score (nSPS) is 11.8. The van der Waals surface area contributed by atoms with Crippen molar-refractivity contribution in [1.82, 2.24) is 10.3 Å². The summed E-state index contributed by atoms with van der Waals surface area (Å²) in [5.74, 6) is -0.367. The molecule has 1 aromatic carbocycles. The number of hydrogen-bond donors (Lipinski definition) is 3. The molecule has 2 aromatic rings. The van der Waals surface area contributed by atoms with E-state index in [1.54, 1.807) is 0 Å². The van der Waals surface area contributed by atoms with Crippen LogP contribution in [0, 0.1) is 16.9 Å². The summed E-state index contributed by atoms with van der Waals surface area (Å²) in [5, 5.41) is 5.57. The standard InChI is InChI=1S/C17H23ClF2N4O2S2/c1-11(2)9-21-5-3-4-6-22-14-8-13(19)15(7-12(14)18)28(25,26)24-17-23-10-16(20)27-17/h7-8,10-11,21-22H,3-6,9H2,1-2H3,(H,23,24). The molecule has 0 aliphatic carbocycles. The summed E-state index contributed by atoms with van der Waals surface area (Å²) in [6.45, 7) is 6.70. The molecule has 2 rings (SSSR count). The quantitative estimate of drug-likeness (QED) is 0.442. The number of benzene rings is 1. The summed E-state index contributed by atoms with van der Waals surface area (Å²) in [7, 11) is -4.28. The Kier molecular flexibility index (Phi) is 8.41. The van der Waals surface area contributed by atoms with Crippen LogP contribution in [0.15, 0.2) is 23.2 Å². The van der Waals surface area contributed by atoms with E-state index in [2.05, 4.69) is 29.5 Å². The Bertz CT molecular complexity index is 891. The fourth-order valence-electron chi connectivity index (χ4n) is 2.33. The van der Waals surface area contributed by atoms with Crippen molar-refractivity contribution in [1.29, 1.82) is 0 Å². The molecule has 0 bridgehead atoms. The van der Waals surface area contributed by atoms with Gasteiger partial charge in [0.2, 0.25) is 0 Å². The number of aromatic nitrogens is 1. The van der Waals surface area contributed by atoms with Gasteiger partial charge in [0.15, 0.2) is 10.3 Å². The molecule has 0 aliphatic rings. The number of sulfonamides is 1. The van der Waals surface area contributed by atoms with Gasteiger partial charge in [0, 0.05) is 6.54 Å². The van der Waals surface area contributed by atoms with Crippen LogP contribution in [0.5, 0.6) is 0 Å². The van der Waals surface area contributed by atoms with Gasteiger partial charge in [0.1, 0.15) is 10.7 Å². The van der Waals surface area contributed by atoms with E-state index in [1.807, 2.05) is 4.72 Å². The largest absolute Gasteiger partial charge is 0.384 e. The molecule has 3 N–H and O–H groups in total. The Morgan fingerprint density at radius 2 is 1.93 bits per heavy atom. The van der Waals surface area contributed by atoms with Crippen LogP contribution in [0.3, 0.4) is 0 Å². The summed E-state index contributed by atoms with van der Waals surface area (Å²) in [4.78, 5) is 2.93. The van der Waals surface area contributed by atoms with Crippen molar-refractivity contribution < 1.29 is 17.2 Å². The number of hydrogen-bond acceptors (Lipinski definition) is 6. The summed E-state index contributed by atoms with van der Waals surface area (Å²) in [6.07, 6.45) is 2.66. The first-order chi connectivity index (χ1) is 13.2. The van der Waals surface area contributed by atoms with Crippen molar-refractivity contribution in [2.75, 3.05) is 29.7 Å². The molecule has 28 heavy (non-hydrogen) atoms. The van der Waals surface area contributed by atoms with E-state index in [0.717, 1.165) is 44.3 Å². The average Bonchev–Trinajstić information content (AvgIpc) is 3.00. The second-order valence-corrected chi connectivity index (χ2v) is 9.61. The lowest BCUT2D eigenvalue weighted by Crippen LogP contribution is -2.21. The van der Waals surface area contributed by atoms with Gasteiger partial charge in [-0.2, -0.15) is 4.39 Å². The summed E-state index contributed by atoms with van der Waals surface area (Å²) in [6, 6.07) is 2.06. The van der Waals surface area contributed by atoms with E-state index in [0.29, 0.717) is 29.5 Å². The zero-order valence-corrected chi connectivity index (χ0v) is 17.9. The lowest BCUT2D eigenvalue weighted by Gasteiger charge is -2.12. The molecule has 0 atom stereocenters. The van der Waals surface area contributed by atoms with Crippen molar-refractivity contribution in [2.24, 2.45) is 5.92 Å². The highest BCUT2D eigenvalue weighted by Gasteiger charge is 2.22. The molecule has 11 heteroatoms. The maximum Gasteiger partial charge on any atom is 0.266 e. The summed E-state index contributed by atoms with van der Waals surface area (Å²) < 4.78 is 54.0. The summed E-state index contributed by atoms with van der Waals surface area (Å²) in [5.41, 5.74) is 0.313. The predicted octanol–water partition coefficient (Wildman–Crippen LogP) is 4.31. The number of nitrogens with zero attached hydrogens (tertiary/aromatic N) is 1. The van der Waals surface area contributed by atoms with E-state index < -0.39 is 25.9 Å². The highest BCUT2D eigenvalue weighted by atomic mass is 35.5. The van der Waals surface area contributed by atoms with Gasteiger partial charge in [-0.05, 0) is 44.0 Å². The van der Waals surface area contributed by atoms with Crippen LogP contribution in [-0.4, -0.2) is 33.0 Å². The number of unbranched alkanes of at least 4 members (excludes halogenated alkanes) is 1. The molecule has 1 heterocycles. The van der Waals surface area contributed by atoms with Gasteiger partial charge < -0.3 is 10.6 Å². The molecule has 0 fully saturated rings. The molecule has 0 unspecified atom stereocenters. The molecule has 0 amide bonds. The third-order valence-electron chi connectivity index (χ3n) is 3.66. The Hall–Kier alpha value is -1.49. The highest BCUT2D eigenvalue weighted by Crippen LogP contribution is 2.29. The molecule has 1 aromatic heterocycles. The Morgan fingerprint density at radius 3 is 2.57 bits per heavy atom. The van der Waals surface area contributed by atoms with Crippen molar-refractivity contribution in [3.05, 3.63) is 34.3 Å². The van der Waals surface area contributed by atoms with Gasteiger partial charge in [-0.25, -0.2) is 17.8 Å². The smallest absolute Gasteiger partial charge is 0.266 e. The van der Waals surface area contributed by atoms with Gasteiger partial charge in [0.25, 0.3) is 10.0 Å². The Balaban J connectivity index is 1.94. The SMILES string of the molecule is CC(C)CNCCCCNc1cc(F)c(S(=O)(=O)Nc2ncc(F)s2)cc1Cl. The number of rotatable bonds is 11. The third-order valence-corrected chi connectivity index (χ3v) is 6.16. The van der Waals surface area contributed by atoms with Crippen molar-refractivity contribution in [2.45, 2.75) is 31.6 Å². The maximum absolute atomic E-state index is 14.4. The zero-order valence-electron chi connectivity index (χ0n) is 15.6. The van der Waals surface area contributed by atoms with Crippen LogP contribution >= 0.6 is 22.9 Å². The van der Waals surface area contributed by atoms with Crippen molar-refractivity contribution >= 4 is 43.8 Å². The van der Waals surface area contributed by atoms with Crippen LogP contribution < -0.4 is 15.4 Å². The van der Waals surface area contributed by atoms with E-state index in [1.165, 1.54) is 0 Å². The van der Waals surface area contributed by atoms with Crippen LogP contribution in [0.1, 0.15) is 26.7 Å². The molecule has 0 radical (unpaired) electrons. The van der Waals surface area contributed by atoms with Crippen LogP contribution in [0.25, 0.3) is 0 Å². The molecular formula is C17H23ClF2N4O2S2. The van der Waals surface area contributed by atoms with Crippen LogP contribution in [0.4, 0.5) is 19.6 Å². The predicted molar refractivity (Wildman–Crippen MR) is 110 cm³/mol. The first-order valence-corrected chi connectivity index (χ1v) is 11.4. The van der Waals surface area contributed by atoms with Crippen molar-refractivity contribution in [3.63, 3.8) is 0 Å². The minimum Gasteiger partial charge on any atom is -0.384 e. The Morgan fingerprint density at radius 1 is 1.21 bits per heavy atom. The van der Waals surface area contributed by atoms with E-state index in [-0.39, 0.29) is 10.2 Å². The van der Waals surface area contributed by atoms with Gasteiger partial charge >= 0.3 is 0 Å². The number of halogens is 3. The van der Waals surface area contributed by atoms with Crippen LogP contribution in [-0.2, 0) is 10.0 Å². The summed E-state index contributed by atoms with van der Waals surface area (Å²) >= 11 is 6.61. The van der Waals surface area contributed by atoms with Gasteiger partial charge in [-0.15, -0.1) is 0 Å². The minimum atomic E-state index is -4.28.